The van der Waals surface area contributed by atoms with Crippen molar-refractivity contribution < 1.29 is 23.7 Å². The van der Waals surface area contributed by atoms with Gasteiger partial charge < -0.3 is 24.7 Å². The Morgan fingerprint density at radius 1 is 0.923 bits per heavy atom. The number of ether oxygens (including phenoxy) is 4. The van der Waals surface area contributed by atoms with Crippen LogP contribution in [0.1, 0.15) is 28.2 Å². The van der Waals surface area contributed by atoms with E-state index < -0.39 is 11.9 Å². The molecule has 0 amide bonds. The summed E-state index contributed by atoms with van der Waals surface area (Å²) in [6, 6.07) is 32.0. The van der Waals surface area contributed by atoms with Gasteiger partial charge in [0.2, 0.25) is 5.88 Å². The molecule has 2 N–H and O–H groups in total. The van der Waals surface area contributed by atoms with Crippen molar-refractivity contribution in [1.29, 1.82) is 5.26 Å². The fourth-order valence-corrected chi connectivity index (χ4v) is 4.49. The van der Waals surface area contributed by atoms with Gasteiger partial charge in [0.25, 0.3) is 0 Å². The molecular formula is C32H26N2O5. The van der Waals surface area contributed by atoms with Crippen LogP contribution in [0.5, 0.6) is 23.0 Å². The molecule has 1 atom stereocenters. The summed E-state index contributed by atoms with van der Waals surface area (Å²) in [7, 11) is 1.57. The van der Waals surface area contributed by atoms with E-state index in [1.54, 1.807) is 25.3 Å². The van der Waals surface area contributed by atoms with Crippen molar-refractivity contribution in [3.05, 3.63) is 131 Å². The summed E-state index contributed by atoms with van der Waals surface area (Å²) in [6.45, 7) is 0.388. The Morgan fingerprint density at radius 2 is 1.64 bits per heavy atom. The van der Waals surface area contributed by atoms with Crippen LogP contribution >= 0.6 is 0 Å². The summed E-state index contributed by atoms with van der Waals surface area (Å²) in [5.74, 6) is 0.919. The van der Waals surface area contributed by atoms with Crippen LogP contribution in [-0.2, 0) is 17.8 Å². The van der Waals surface area contributed by atoms with Gasteiger partial charge in [0.15, 0.2) is 11.5 Å². The van der Waals surface area contributed by atoms with E-state index in [9.17, 15) is 10.1 Å². The minimum atomic E-state index is -0.509. The normalized spacial score (nSPS) is 14.0. The van der Waals surface area contributed by atoms with Crippen molar-refractivity contribution in [2.75, 3.05) is 7.11 Å². The first-order chi connectivity index (χ1) is 19.1. The summed E-state index contributed by atoms with van der Waals surface area (Å²) < 4.78 is 22.9. The first kappa shape index (κ1) is 25.4. The standard InChI is InChI=1S/C32H26N2O5/c1-36-29-17-23(12-15-27(29)37-20-22-10-6-3-7-11-22)31-25-14-13-24(18-28(25)39-32(34)26(31)19-33)38-30(35)16-21-8-4-2-5-9-21/h2-15,17-18,31H,16,20,34H2,1H3. The van der Waals surface area contributed by atoms with Crippen molar-refractivity contribution in [2.24, 2.45) is 5.73 Å². The Morgan fingerprint density at radius 3 is 2.33 bits per heavy atom. The van der Waals surface area contributed by atoms with Gasteiger partial charge in [-0.3, -0.25) is 4.79 Å². The monoisotopic (exact) mass is 518 g/mol. The molecule has 7 heteroatoms. The number of nitrogens with zero attached hydrogens (tertiary/aromatic N) is 1. The molecule has 0 fully saturated rings. The van der Waals surface area contributed by atoms with Crippen LogP contribution in [0.15, 0.2) is 109 Å². The van der Waals surface area contributed by atoms with Gasteiger partial charge in [-0.15, -0.1) is 0 Å². The average molecular weight is 519 g/mol. The smallest absolute Gasteiger partial charge is 0.315 e. The Kier molecular flexibility index (Phi) is 7.46. The minimum absolute atomic E-state index is 0.00821. The van der Waals surface area contributed by atoms with Gasteiger partial charge in [0.1, 0.15) is 29.7 Å². The van der Waals surface area contributed by atoms with E-state index in [0.29, 0.717) is 35.2 Å². The maximum atomic E-state index is 12.5. The quantitative estimate of drug-likeness (QED) is 0.238. The number of rotatable bonds is 8. The lowest BCUT2D eigenvalue weighted by Crippen LogP contribution is -2.21. The zero-order valence-corrected chi connectivity index (χ0v) is 21.3. The third kappa shape index (κ3) is 5.71. The molecule has 4 aromatic rings. The van der Waals surface area contributed by atoms with Crippen molar-refractivity contribution in [1.82, 2.24) is 0 Å². The van der Waals surface area contributed by atoms with E-state index in [2.05, 4.69) is 6.07 Å². The lowest BCUT2D eigenvalue weighted by molar-refractivity contribution is -0.133. The Balaban J connectivity index is 1.41. The number of benzene rings is 4. The van der Waals surface area contributed by atoms with Crippen LogP contribution < -0.4 is 24.7 Å². The van der Waals surface area contributed by atoms with Crippen molar-refractivity contribution in [2.45, 2.75) is 18.9 Å². The Bertz CT molecular complexity index is 1560. The third-order valence-corrected chi connectivity index (χ3v) is 6.37. The summed E-state index contributed by atoms with van der Waals surface area (Å²) in [4.78, 5) is 12.5. The SMILES string of the molecule is COc1cc(C2C(C#N)=C(N)Oc3cc(OC(=O)Cc4ccccc4)ccc32)ccc1OCc1ccccc1. The number of esters is 1. The third-order valence-electron chi connectivity index (χ3n) is 6.37. The van der Waals surface area contributed by atoms with E-state index in [1.165, 1.54) is 0 Å². The minimum Gasteiger partial charge on any atom is -0.493 e. The summed E-state index contributed by atoms with van der Waals surface area (Å²) in [5, 5.41) is 9.93. The van der Waals surface area contributed by atoms with Gasteiger partial charge in [-0.05, 0) is 34.9 Å². The maximum absolute atomic E-state index is 12.5. The summed E-state index contributed by atoms with van der Waals surface area (Å²) >= 11 is 0. The number of carbonyl (C=O) groups is 1. The fourth-order valence-electron chi connectivity index (χ4n) is 4.49. The molecule has 1 heterocycles. The van der Waals surface area contributed by atoms with Crippen LogP contribution in [0.3, 0.4) is 0 Å². The van der Waals surface area contributed by atoms with Gasteiger partial charge in [-0.2, -0.15) is 5.26 Å². The zero-order valence-electron chi connectivity index (χ0n) is 21.3. The molecular weight excluding hydrogens is 492 g/mol. The topological polar surface area (TPSA) is 104 Å². The average Bonchev–Trinajstić information content (AvgIpc) is 2.96. The van der Waals surface area contributed by atoms with E-state index in [1.807, 2.05) is 78.9 Å². The number of hydrogen-bond donors (Lipinski definition) is 1. The van der Waals surface area contributed by atoms with Gasteiger partial charge >= 0.3 is 5.97 Å². The predicted molar refractivity (Wildman–Crippen MR) is 145 cm³/mol. The first-order valence-electron chi connectivity index (χ1n) is 12.4. The number of nitriles is 1. The molecule has 0 bridgehead atoms. The number of allylic oxidation sites excluding steroid dienone is 1. The summed E-state index contributed by atoms with van der Waals surface area (Å²) in [6.07, 6.45) is 0.139. The highest BCUT2D eigenvalue weighted by molar-refractivity contribution is 5.75. The lowest BCUT2D eigenvalue weighted by Gasteiger charge is -2.27. The molecule has 0 radical (unpaired) electrons. The van der Waals surface area contributed by atoms with Gasteiger partial charge in [0.05, 0.1) is 19.4 Å². The molecule has 1 aliphatic heterocycles. The Hall–Kier alpha value is -5.22. The molecule has 0 spiro atoms. The number of methoxy groups -OCH3 is 1. The molecule has 5 rings (SSSR count). The van der Waals surface area contributed by atoms with Gasteiger partial charge in [-0.25, -0.2) is 0 Å². The van der Waals surface area contributed by atoms with Crippen LogP contribution in [0.2, 0.25) is 0 Å². The molecule has 0 aliphatic carbocycles. The van der Waals surface area contributed by atoms with E-state index in [0.717, 1.165) is 16.7 Å². The van der Waals surface area contributed by atoms with Crippen LogP contribution in [0.4, 0.5) is 0 Å². The van der Waals surface area contributed by atoms with E-state index >= 15 is 0 Å². The highest BCUT2D eigenvalue weighted by atomic mass is 16.5. The fraction of sp³-hybridized carbons (Fsp3) is 0.125. The molecule has 0 saturated heterocycles. The second-order valence-electron chi connectivity index (χ2n) is 8.95. The highest BCUT2D eigenvalue weighted by Crippen LogP contribution is 2.45. The highest BCUT2D eigenvalue weighted by Gasteiger charge is 2.31. The zero-order chi connectivity index (χ0) is 27.2. The molecule has 1 unspecified atom stereocenters. The number of nitrogens with two attached hydrogens (primary N) is 1. The Labute approximate surface area is 226 Å². The molecule has 0 aromatic heterocycles. The number of fused-ring (bicyclic) bond motifs is 1. The van der Waals surface area contributed by atoms with Gasteiger partial charge in [-0.1, -0.05) is 72.8 Å². The molecule has 7 nitrogen and oxygen atoms in total. The molecule has 39 heavy (non-hydrogen) atoms. The lowest BCUT2D eigenvalue weighted by atomic mass is 9.83. The predicted octanol–water partition coefficient (Wildman–Crippen LogP) is 5.64. The number of carbonyl (C=O) groups excluding carboxylic acids is 1. The second kappa shape index (κ2) is 11.4. The molecule has 194 valence electrons. The first-order valence-corrected chi connectivity index (χ1v) is 12.4. The molecule has 1 aliphatic rings. The van der Waals surface area contributed by atoms with Crippen molar-refractivity contribution in [3.8, 4) is 29.1 Å². The largest absolute Gasteiger partial charge is 0.493 e. The van der Waals surface area contributed by atoms with Crippen molar-refractivity contribution in [3.63, 3.8) is 0 Å². The maximum Gasteiger partial charge on any atom is 0.315 e. The van der Waals surface area contributed by atoms with Crippen LogP contribution in [0, 0.1) is 11.3 Å². The van der Waals surface area contributed by atoms with Gasteiger partial charge in [0, 0.05) is 11.6 Å². The van der Waals surface area contributed by atoms with Crippen molar-refractivity contribution >= 4 is 5.97 Å². The van der Waals surface area contributed by atoms with E-state index in [4.69, 9.17) is 24.7 Å². The number of hydrogen-bond acceptors (Lipinski definition) is 7. The summed E-state index contributed by atoms with van der Waals surface area (Å²) in [5.41, 5.74) is 9.82. The molecule has 4 aromatic carbocycles. The van der Waals surface area contributed by atoms with Crippen LogP contribution in [-0.4, -0.2) is 13.1 Å². The molecule has 0 saturated carbocycles. The second-order valence-corrected chi connectivity index (χ2v) is 8.95. The van der Waals surface area contributed by atoms with E-state index in [-0.39, 0.29) is 17.9 Å². The van der Waals surface area contributed by atoms with Crippen LogP contribution in [0.25, 0.3) is 0 Å².